The van der Waals surface area contributed by atoms with E-state index < -0.39 is 29.3 Å². The number of nitrogens with zero attached hydrogens (tertiary/aromatic N) is 1. The minimum atomic E-state index is -0.941. The largest absolute Gasteiger partial charge is 0.468 e. The molecule has 0 spiro atoms. The number of hydrogen-bond acceptors (Lipinski definition) is 6. The number of alkyl carbamates (subject to hydrolysis) is 1. The standard InChI is InChI=1S/C27H28N2O5/c1-18(21-8-6-5-7-9-21)33-25(31)28-26(3)19(2)29-34-23(26)15-12-20-10-13-22(14-11-20)27(16-17-27)24(30)32-4/h5-11,13-14,18,23H,16-17H2,1-4H3,(H,28,31)/t18-,23?,26?/m1/s1. The number of rotatable bonds is 5. The summed E-state index contributed by atoms with van der Waals surface area (Å²) in [6, 6.07) is 17.1. The molecule has 0 saturated heterocycles. The number of oxime groups is 1. The molecule has 2 aliphatic rings. The van der Waals surface area contributed by atoms with Crippen LogP contribution in [0.1, 0.15) is 56.4 Å². The zero-order valence-electron chi connectivity index (χ0n) is 19.8. The van der Waals surface area contributed by atoms with E-state index >= 15 is 0 Å². The van der Waals surface area contributed by atoms with Gasteiger partial charge in [0.25, 0.3) is 0 Å². The number of ether oxygens (including phenoxy) is 2. The third-order valence-corrected chi connectivity index (χ3v) is 6.60. The molecule has 34 heavy (non-hydrogen) atoms. The second-order valence-corrected chi connectivity index (χ2v) is 8.87. The Labute approximate surface area is 199 Å². The maximum atomic E-state index is 12.6. The van der Waals surface area contributed by atoms with Crippen LogP contribution < -0.4 is 5.32 Å². The van der Waals surface area contributed by atoms with Crippen LogP contribution in [-0.4, -0.2) is 36.5 Å². The first-order valence-electron chi connectivity index (χ1n) is 11.2. The molecule has 1 N–H and O–H groups in total. The Morgan fingerprint density at radius 2 is 1.82 bits per heavy atom. The molecule has 3 atom stereocenters. The molecule has 2 unspecified atom stereocenters. The first kappa shape index (κ1) is 23.4. The van der Waals surface area contributed by atoms with Crippen molar-refractivity contribution in [3.05, 3.63) is 71.3 Å². The molecule has 1 heterocycles. The normalized spacial score (nSPS) is 22.8. The Kier molecular flexibility index (Phi) is 6.34. The first-order chi connectivity index (χ1) is 16.3. The predicted molar refractivity (Wildman–Crippen MR) is 127 cm³/mol. The van der Waals surface area contributed by atoms with Crippen molar-refractivity contribution in [1.29, 1.82) is 0 Å². The smallest absolute Gasteiger partial charge is 0.408 e. The number of methoxy groups -OCH3 is 1. The van der Waals surface area contributed by atoms with Gasteiger partial charge in [0.05, 0.1) is 18.2 Å². The highest BCUT2D eigenvalue weighted by atomic mass is 16.6. The lowest BCUT2D eigenvalue weighted by Crippen LogP contribution is -2.56. The Morgan fingerprint density at radius 3 is 2.44 bits per heavy atom. The van der Waals surface area contributed by atoms with E-state index in [-0.39, 0.29) is 5.97 Å². The molecule has 1 fully saturated rings. The number of carbonyl (C=O) groups is 2. The van der Waals surface area contributed by atoms with Gasteiger partial charge in [-0.1, -0.05) is 53.5 Å². The Morgan fingerprint density at radius 1 is 1.15 bits per heavy atom. The van der Waals surface area contributed by atoms with E-state index in [9.17, 15) is 9.59 Å². The van der Waals surface area contributed by atoms with E-state index in [1.165, 1.54) is 7.11 Å². The van der Waals surface area contributed by atoms with Crippen molar-refractivity contribution in [3.63, 3.8) is 0 Å². The average molecular weight is 461 g/mol. The van der Waals surface area contributed by atoms with Gasteiger partial charge in [-0.05, 0) is 62.8 Å². The van der Waals surface area contributed by atoms with E-state index in [1.54, 1.807) is 6.92 Å². The molecule has 0 radical (unpaired) electrons. The van der Waals surface area contributed by atoms with Gasteiger partial charge in [-0.15, -0.1) is 0 Å². The number of esters is 1. The van der Waals surface area contributed by atoms with Crippen LogP contribution in [0, 0.1) is 11.8 Å². The SMILES string of the molecule is COC(=O)C1(c2ccc(C#CC3ON=C(C)C3(C)NC(=O)O[C@H](C)c3ccccc3)cc2)CC1. The highest BCUT2D eigenvalue weighted by Crippen LogP contribution is 2.49. The van der Waals surface area contributed by atoms with Crippen LogP contribution in [0.3, 0.4) is 0 Å². The van der Waals surface area contributed by atoms with Crippen LogP contribution in [0.4, 0.5) is 4.79 Å². The minimum Gasteiger partial charge on any atom is -0.468 e. The second-order valence-electron chi connectivity index (χ2n) is 8.87. The maximum Gasteiger partial charge on any atom is 0.408 e. The van der Waals surface area contributed by atoms with Crippen molar-refractivity contribution in [2.24, 2.45) is 5.16 Å². The number of nitrogens with one attached hydrogen (secondary N) is 1. The monoisotopic (exact) mass is 460 g/mol. The highest BCUT2D eigenvalue weighted by Gasteiger charge is 2.52. The Balaban J connectivity index is 1.43. The number of carbonyl (C=O) groups excluding carboxylic acids is 2. The van der Waals surface area contributed by atoms with Gasteiger partial charge in [0.15, 0.2) is 0 Å². The highest BCUT2D eigenvalue weighted by molar-refractivity contribution is 5.96. The summed E-state index contributed by atoms with van der Waals surface area (Å²) in [4.78, 5) is 30.2. The topological polar surface area (TPSA) is 86.2 Å². The summed E-state index contributed by atoms with van der Waals surface area (Å²) >= 11 is 0. The van der Waals surface area contributed by atoms with Gasteiger partial charge in [-0.25, -0.2) is 4.79 Å². The van der Waals surface area contributed by atoms with Crippen LogP contribution in [0.15, 0.2) is 59.8 Å². The fourth-order valence-electron chi connectivity index (χ4n) is 4.00. The molecule has 1 saturated carbocycles. The summed E-state index contributed by atoms with van der Waals surface area (Å²) in [5.74, 6) is 5.96. The lowest BCUT2D eigenvalue weighted by molar-refractivity contribution is -0.143. The Bertz CT molecular complexity index is 1160. The van der Waals surface area contributed by atoms with Crippen molar-refractivity contribution >= 4 is 17.8 Å². The van der Waals surface area contributed by atoms with Crippen LogP contribution in [0.25, 0.3) is 0 Å². The summed E-state index contributed by atoms with van der Waals surface area (Å²) in [5, 5.41) is 6.93. The molecule has 7 heteroatoms. The van der Waals surface area contributed by atoms with Gasteiger partial charge in [0.2, 0.25) is 6.10 Å². The third-order valence-electron chi connectivity index (χ3n) is 6.60. The van der Waals surface area contributed by atoms with Gasteiger partial charge in [0.1, 0.15) is 11.6 Å². The van der Waals surface area contributed by atoms with Gasteiger partial charge in [-0.3, -0.25) is 4.79 Å². The maximum absolute atomic E-state index is 12.6. The van der Waals surface area contributed by atoms with Crippen molar-refractivity contribution in [1.82, 2.24) is 5.32 Å². The summed E-state index contributed by atoms with van der Waals surface area (Å²) in [5.41, 5.74) is 1.74. The molecule has 0 aromatic heterocycles. The molecule has 1 aliphatic carbocycles. The van der Waals surface area contributed by atoms with Gasteiger partial charge in [0, 0.05) is 5.56 Å². The molecule has 1 amide bonds. The van der Waals surface area contributed by atoms with Crippen molar-refractivity contribution < 1.29 is 23.9 Å². The van der Waals surface area contributed by atoms with Crippen molar-refractivity contribution in [2.45, 2.75) is 56.8 Å². The predicted octanol–water partition coefficient (Wildman–Crippen LogP) is 4.26. The zero-order valence-corrected chi connectivity index (χ0v) is 19.8. The Hall–Kier alpha value is -3.79. The van der Waals surface area contributed by atoms with E-state index in [4.69, 9.17) is 14.3 Å². The van der Waals surface area contributed by atoms with Gasteiger partial charge in [-0.2, -0.15) is 0 Å². The van der Waals surface area contributed by atoms with Gasteiger partial charge < -0.3 is 19.6 Å². The van der Waals surface area contributed by atoms with E-state index in [0.717, 1.165) is 29.5 Å². The summed E-state index contributed by atoms with van der Waals surface area (Å²) in [6.45, 7) is 5.40. The molecule has 2 aromatic carbocycles. The van der Waals surface area contributed by atoms with Crippen LogP contribution >= 0.6 is 0 Å². The quantitative estimate of drug-likeness (QED) is 0.532. The van der Waals surface area contributed by atoms with Crippen molar-refractivity contribution in [3.8, 4) is 11.8 Å². The molecule has 0 bridgehead atoms. The molecule has 1 aliphatic heterocycles. The second kappa shape index (κ2) is 9.22. The van der Waals surface area contributed by atoms with E-state index in [0.29, 0.717) is 5.71 Å². The fourth-order valence-corrected chi connectivity index (χ4v) is 4.00. The zero-order chi connectivity index (χ0) is 24.3. The summed E-state index contributed by atoms with van der Waals surface area (Å²) in [7, 11) is 1.41. The lowest BCUT2D eigenvalue weighted by atomic mass is 9.90. The molecule has 4 rings (SSSR count). The average Bonchev–Trinajstić information content (AvgIpc) is 3.61. The van der Waals surface area contributed by atoms with E-state index in [1.807, 2.05) is 68.4 Å². The number of amides is 1. The summed E-state index contributed by atoms with van der Waals surface area (Å²) in [6.07, 6.45) is -0.0862. The molecule has 7 nitrogen and oxygen atoms in total. The fraction of sp³-hybridized carbons (Fsp3) is 0.370. The van der Waals surface area contributed by atoms with Crippen LogP contribution in [-0.2, 0) is 24.5 Å². The third kappa shape index (κ3) is 4.49. The van der Waals surface area contributed by atoms with Crippen LogP contribution in [0.5, 0.6) is 0 Å². The molecular weight excluding hydrogens is 432 g/mol. The number of hydrogen-bond donors (Lipinski definition) is 1. The summed E-state index contributed by atoms with van der Waals surface area (Å²) < 4.78 is 10.5. The van der Waals surface area contributed by atoms with Crippen LogP contribution in [0.2, 0.25) is 0 Å². The first-order valence-corrected chi connectivity index (χ1v) is 11.2. The van der Waals surface area contributed by atoms with Gasteiger partial charge >= 0.3 is 12.1 Å². The minimum absolute atomic E-state index is 0.200. The van der Waals surface area contributed by atoms with Crippen molar-refractivity contribution in [2.75, 3.05) is 7.11 Å². The lowest BCUT2D eigenvalue weighted by Gasteiger charge is -2.28. The molecule has 2 aromatic rings. The number of benzene rings is 2. The van der Waals surface area contributed by atoms with E-state index in [2.05, 4.69) is 22.3 Å². The molecular formula is C27H28N2O5. The molecule has 176 valence electrons.